The van der Waals surface area contributed by atoms with Crippen molar-refractivity contribution in [2.45, 2.75) is 25.6 Å². The third-order valence-electron chi connectivity index (χ3n) is 6.32. The largest absolute Gasteiger partial charge is 0.489 e. The monoisotopic (exact) mass is 518 g/mol. The number of halogens is 2. The van der Waals surface area contributed by atoms with Crippen LogP contribution in [0.1, 0.15) is 24.0 Å². The number of aromatic nitrogens is 2. The van der Waals surface area contributed by atoms with Gasteiger partial charge in [0.25, 0.3) is 0 Å². The summed E-state index contributed by atoms with van der Waals surface area (Å²) < 4.78 is 26.2. The number of benzene rings is 3. The summed E-state index contributed by atoms with van der Waals surface area (Å²) in [5.74, 6) is 4.24. The van der Waals surface area contributed by atoms with E-state index in [0.717, 1.165) is 48.3 Å². The molecular weight excluding hydrogens is 491 g/mol. The van der Waals surface area contributed by atoms with Gasteiger partial charge in [-0.15, -0.1) is 18.8 Å². The molecule has 0 bridgehead atoms. The lowest BCUT2D eigenvalue weighted by molar-refractivity contribution is 0.116. The van der Waals surface area contributed by atoms with Crippen LogP contribution >= 0.6 is 12.4 Å². The number of fused-ring (bicyclic) bond motifs is 1. The second-order valence-corrected chi connectivity index (χ2v) is 8.85. The van der Waals surface area contributed by atoms with E-state index < -0.39 is 0 Å². The maximum absolute atomic E-state index is 14.0. The molecule has 0 unspecified atom stereocenters. The Hall–Kier alpha value is -3.86. The Morgan fingerprint density at radius 1 is 1.05 bits per heavy atom. The number of rotatable bonds is 7. The third kappa shape index (κ3) is 6.11. The Balaban J connectivity index is 0.00000320. The molecule has 1 N–H and O–H groups in total. The van der Waals surface area contributed by atoms with Crippen molar-refractivity contribution in [2.75, 3.05) is 25.5 Å². The molecule has 1 aliphatic rings. The van der Waals surface area contributed by atoms with Gasteiger partial charge in [-0.05, 0) is 56.3 Å². The van der Waals surface area contributed by atoms with E-state index in [4.69, 9.17) is 15.9 Å². The van der Waals surface area contributed by atoms with Crippen molar-refractivity contribution in [3.05, 3.63) is 83.9 Å². The predicted octanol–water partition coefficient (Wildman–Crippen LogP) is 5.97. The van der Waals surface area contributed by atoms with E-state index in [1.807, 2.05) is 30.3 Å². The zero-order valence-electron chi connectivity index (χ0n) is 20.5. The summed E-state index contributed by atoms with van der Waals surface area (Å²) in [6, 6.07) is 17.8. The van der Waals surface area contributed by atoms with Crippen molar-refractivity contribution in [1.82, 2.24) is 14.9 Å². The van der Waals surface area contributed by atoms with E-state index in [-0.39, 0.29) is 30.9 Å². The molecule has 0 saturated carbocycles. The van der Waals surface area contributed by atoms with Crippen molar-refractivity contribution < 1.29 is 13.9 Å². The minimum Gasteiger partial charge on any atom is -0.489 e. The van der Waals surface area contributed by atoms with Crippen LogP contribution in [0.3, 0.4) is 0 Å². The zero-order chi connectivity index (χ0) is 24.9. The molecule has 5 rings (SSSR count). The minimum absolute atomic E-state index is 0. The van der Waals surface area contributed by atoms with E-state index in [1.165, 1.54) is 12.4 Å². The molecular formula is C29H28ClFN4O2. The summed E-state index contributed by atoms with van der Waals surface area (Å²) in [4.78, 5) is 11.2. The molecule has 6 nitrogen and oxygen atoms in total. The van der Waals surface area contributed by atoms with Gasteiger partial charge in [-0.2, -0.15) is 0 Å². The van der Waals surface area contributed by atoms with Crippen LogP contribution in [-0.2, 0) is 6.61 Å². The Bertz CT molecular complexity index is 1410. The smallest absolute Gasteiger partial charge is 0.145 e. The molecule has 0 atom stereocenters. The van der Waals surface area contributed by atoms with E-state index in [2.05, 4.69) is 33.2 Å². The van der Waals surface area contributed by atoms with Gasteiger partial charge < -0.3 is 19.7 Å². The Morgan fingerprint density at radius 3 is 2.65 bits per heavy atom. The zero-order valence-corrected chi connectivity index (χ0v) is 21.3. The van der Waals surface area contributed by atoms with Gasteiger partial charge >= 0.3 is 0 Å². The highest BCUT2D eigenvalue weighted by Gasteiger charge is 2.20. The van der Waals surface area contributed by atoms with Crippen LogP contribution in [0.15, 0.2) is 67.0 Å². The second-order valence-electron chi connectivity index (χ2n) is 8.85. The van der Waals surface area contributed by atoms with Gasteiger partial charge in [0.05, 0.1) is 16.5 Å². The van der Waals surface area contributed by atoms with Crippen LogP contribution in [0.5, 0.6) is 11.5 Å². The van der Waals surface area contributed by atoms with Crippen LogP contribution in [0, 0.1) is 18.2 Å². The molecule has 0 spiro atoms. The molecule has 1 fully saturated rings. The number of piperidine rings is 1. The van der Waals surface area contributed by atoms with Crippen LogP contribution in [0.25, 0.3) is 10.9 Å². The topological polar surface area (TPSA) is 59.5 Å². The molecule has 3 aromatic carbocycles. The van der Waals surface area contributed by atoms with Crippen molar-refractivity contribution in [3.63, 3.8) is 0 Å². The fourth-order valence-corrected chi connectivity index (χ4v) is 4.31. The summed E-state index contributed by atoms with van der Waals surface area (Å²) >= 11 is 0. The number of nitrogens with zero attached hydrogens (tertiary/aromatic N) is 3. The normalized spacial score (nSPS) is 14.0. The number of likely N-dealkylation sites (tertiary alicyclic amines) is 1. The molecule has 0 aliphatic carbocycles. The first-order chi connectivity index (χ1) is 17.6. The molecule has 1 aliphatic heterocycles. The lowest BCUT2D eigenvalue weighted by Gasteiger charge is -2.29. The molecule has 0 amide bonds. The number of ether oxygens (including phenoxy) is 2. The summed E-state index contributed by atoms with van der Waals surface area (Å²) in [7, 11) is 2.13. The van der Waals surface area contributed by atoms with Gasteiger partial charge in [0.15, 0.2) is 0 Å². The van der Waals surface area contributed by atoms with Crippen LogP contribution in [0.2, 0.25) is 0 Å². The van der Waals surface area contributed by atoms with E-state index in [9.17, 15) is 4.39 Å². The molecule has 2 heterocycles. The van der Waals surface area contributed by atoms with Gasteiger partial charge in [0.1, 0.15) is 42.2 Å². The highest BCUT2D eigenvalue weighted by Crippen LogP contribution is 2.34. The molecule has 8 heteroatoms. The van der Waals surface area contributed by atoms with Gasteiger partial charge in [-0.3, -0.25) is 0 Å². The van der Waals surface area contributed by atoms with E-state index >= 15 is 0 Å². The van der Waals surface area contributed by atoms with E-state index in [1.54, 1.807) is 24.3 Å². The van der Waals surface area contributed by atoms with Crippen molar-refractivity contribution in [1.29, 1.82) is 0 Å². The first-order valence-corrected chi connectivity index (χ1v) is 11.9. The Kier molecular flexibility index (Phi) is 8.44. The highest BCUT2D eigenvalue weighted by molar-refractivity contribution is 5.95. The van der Waals surface area contributed by atoms with Crippen LogP contribution < -0.4 is 14.8 Å². The maximum Gasteiger partial charge on any atom is 0.145 e. The first kappa shape index (κ1) is 26.2. The van der Waals surface area contributed by atoms with Crippen molar-refractivity contribution in [3.8, 4) is 23.8 Å². The number of nitrogens with one attached hydrogen (secondary N) is 1. The summed E-state index contributed by atoms with van der Waals surface area (Å²) in [5.41, 5.74) is 2.56. The SMILES string of the molecule is C#Cc1cc(Nc2ncnc3cccc(OC4CCN(C)CC4)c23)ccc1OCc1ccccc1F.Cl. The average molecular weight is 519 g/mol. The highest BCUT2D eigenvalue weighted by atomic mass is 35.5. The van der Waals surface area contributed by atoms with Gasteiger partial charge in [0.2, 0.25) is 0 Å². The second kappa shape index (κ2) is 11.9. The molecule has 1 aromatic heterocycles. The summed E-state index contributed by atoms with van der Waals surface area (Å²) in [5, 5.41) is 4.19. The molecule has 1 saturated heterocycles. The molecule has 190 valence electrons. The number of terminal acetylenes is 1. The first-order valence-electron chi connectivity index (χ1n) is 11.9. The van der Waals surface area contributed by atoms with Crippen LogP contribution in [-0.4, -0.2) is 41.1 Å². The third-order valence-corrected chi connectivity index (χ3v) is 6.32. The Morgan fingerprint density at radius 2 is 1.86 bits per heavy atom. The minimum atomic E-state index is -0.313. The van der Waals surface area contributed by atoms with Gasteiger partial charge in [0, 0.05) is 24.3 Å². The lowest BCUT2D eigenvalue weighted by atomic mass is 10.1. The van der Waals surface area contributed by atoms with Gasteiger partial charge in [-0.1, -0.05) is 30.2 Å². The number of hydrogen-bond acceptors (Lipinski definition) is 6. The van der Waals surface area contributed by atoms with E-state index in [0.29, 0.717) is 22.7 Å². The number of anilines is 2. The van der Waals surface area contributed by atoms with Gasteiger partial charge in [-0.25, -0.2) is 14.4 Å². The summed E-state index contributed by atoms with van der Waals surface area (Å²) in [6.45, 7) is 2.11. The quantitative estimate of drug-likeness (QED) is 0.304. The standard InChI is InChI=1S/C29H27FN4O2.ClH/c1-3-20-17-22(11-12-26(20)35-18-21-7-4-5-8-24(21)30)33-29-28-25(31-19-32-29)9-6-10-27(28)36-23-13-15-34(2)16-14-23;/h1,4-12,17,19,23H,13-16,18H2,2H3,(H,31,32,33);1H. The molecule has 0 radical (unpaired) electrons. The summed E-state index contributed by atoms with van der Waals surface area (Å²) in [6.07, 6.45) is 9.39. The fourth-order valence-electron chi connectivity index (χ4n) is 4.31. The van der Waals surface area contributed by atoms with Crippen molar-refractivity contribution >= 4 is 34.8 Å². The lowest BCUT2D eigenvalue weighted by Crippen LogP contribution is -2.35. The maximum atomic E-state index is 14.0. The average Bonchev–Trinajstić information content (AvgIpc) is 2.90. The Labute approximate surface area is 222 Å². The molecule has 4 aromatic rings. The number of hydrogen-bond donors (Lipinski definition) is 1. The van der Waals surface area contributed by atoms with Crippen LogP contribution in [0.4, 0.5) is 15.9 Å². The molecule has 37 heavy (non-hydrogen) atoms. The predicted molar refractivity (Wildman–Crippen MR) is 146 cm³/mol. The fraction of sp³-hybridized carbons (Fsp3) is 0.241. The van der Waals surface area contributed by atoms with Crippen molar-refractivity contribution in [2.24, 2.45) is 0 Å².